The smallest absolute Gasteiger partial charge is 0.245 e. The van der Waals surface area contributed by atoms with Crippen LogP contribution in [0.2, 0.25) is 0 Å². The lowest BCUT2D eigenvalue weighted by Gasteiger charge is -1.92. The van der Waals surface area contributed by atoms with E-state index in [9.17, 15) is 10.2 Å². The van der Waals surface area contributed by atoms with E-state index in [4.69, 9.17) is 10.5 Å². The zero-order chi connectivity index (χ0) is 9.14. The van der Waals surface area contributed by atoms with Gasteiger partial charge in [0.15, 0.2) is 0 Å². The highest BCUT2D eigenvalue weighted by atomic mass is 16.3. The van der Waals surface area contributed by atoms with Crippen molar-refractivity contribution in [1.82, 2.24) is 0 Å². The summed E-state index contributed by atoms with van der Waals surface area (Å²) in [6.45, 7) is 0. The molecule has 0 atom stereocenters. The second kappa shape index (κ2) is 2.81. The standard InChI is InChI=1S/C8N2O2/c9-3-5-1-2-6(4-10)8(12)7(5)11. The monoisotopic (exact) mass is 156 g/mol. The quantitative estimate of drug-likeness (QED) is 0.566. The van der Waals surface area contributed by atoms with E-state index in [-0.39, 0.29) is 0 Å². The zero-order valence-electron chi connectivity index (χ0n) is 5.71. The summed E-state index contributed by atoms with van der Waals surface area (Å²) >= 11 is 0. The maximum Gasteiger partial charge on any atom is 0.245 e. The molecular weight excluding hydrogens is 156 g/mol. The van der Waals surface area contributed by atoms with E-state index in [1.165, 1.54) is 12.1 Å². The summed E-state index contributed by atoms with van der Waals surface area (Å²) in [7, 11) is 0. The van der Waals surface area contributed by atoms with E-state index in [2.05, 4.69) is 12.1 Å². The lowest BCUT2D eigenvalue weighted by atomic mass is 10.1. The molecule has 0 fully saturated rings. The largest absolute Gasteiger partial charge is 0.284 e. The molecule has 1 aromatic carbocycles. The topological polar surface area (TPSA) is 87.4 Å². The number of benzene rings is 1. The summed E-state index contributed by atoms with van der Waals surface area (Å²) in [5, 5.41) is 38.3. The molecule has 0 bridgehead atoms. The second-order valence-electron chi connectivity index (χ2n) is 1.88. The van der Waals surface area contributed by atoms with Crippen molar-refractivity contribution in [3.05, 3.63) is 23.3 Å². The third-order valence-corrected chi connectivity index (χ3v) is 1.20. The molecule has 0 saturated carbocycles. The summed E-state index contributed by atoms with van der Waals surface area (Å²) in [5.74, 6) is -1.99. The Kier molecular flexibility index (Phi) is 1.85. The van der Waals surface area contributed by atoms with Crippen molar-refractivity contribution in [3.8, 4) is 23.6 Å². The Labute approximate surface area is 68.5 Å². The van der Waals surface area contributed by atoms with E-state index in [0.717, 1.165) is 0 Å². The van der Waals surface area contributed by atoms with Crippen molar-refractivity contribution in [1.29, 1.82) is 10.5 Å². The van der Waals surface area contributed by atoms with Crippen LogP contribution in [0.1, 0.15) is 11.1 Å². The average Bonchev–Trinajstić information content (AvgIpc) is 2.10. The van der Waals surface area contributed by atoms with Crippen molar-refractivity contribution < 1.29 is 10.2 Å². The van der Waals surface area contributed by atoms with Gasteiger partial charge in [-0.3, -0.25) is 10.2 Å². The first-order valence-corrected chi connectivity index (χ1v) is 2.86. The van der Waals surface area contributed by atoms with Gasteiger partial charge in [-0.05, 0) is 0 Å². The Balaban J connectivity index is 3.45. The van der Waals surface area contributed by atoms with Crippen LogP contribution in [0.4, 0.5) is 0 Å². The summed E-state index contributed by atoms with van der Waals surface area (Å²) in [4.78, 5) is 0. The van der Waals surface area contributed by atoms with Crippen LogP contribution < -0.4 is 0 Å². The SMILES string of the molecule is N#Cc1[c][c]c(C#N)c([O])c1[O]. The van der Waals surface area contributed by atoms with E-state index < -0.39 is 22.6 Å². The summed E-state index contributed by atoms with van der Waals surface area (Å²) in [5.41, 5.74) is -0.807. The molecule has 0 unspecified atom stereocenters. The van der Waals surface area contributed by atoms with Crippen LogP contribution in [0.25, 0.3) is 0 Å². The Morgan fingerprint density at radius 2 is 1.25 bits per heavy atom. The van der Waals surface area contributed by atoms with Crippen LogP contribution in [0.15, 0.2) is 0 Å². The minimum Gasteiger partial charge on any atom is -0.284 e. The zero-order valence-corrected chi connectivity index (χ0v) is 5.71. The maximum absolute atomic E-state index is 10.8. The highest BCUT2D eigenvalue weighted by molar-refractivity contribution is 5.56. The van der Waals surface area contributed by atoms with Gasteiger partial charge in [0.2, 0.25) is 11.5 Å². The van der Waals surface area contributed by atoms with Gasteiger partial charge in [0.25, 0.3) is 0 Å². The van der Waals surface area contributed by atoms with Gasteiger partial charge in [-0.1, -0.05) is 0 Å². The molecule has 0 amide bonds. The van der Waals surface area contributed by atoms with Gasteiger partial charge in [-0.15, -0.1) is 0 Å². The van der Waals surface area contributed by atoms with Crippen LogP contribution in [-0.4, -0.2) is 0 Å². The first-order chi connectivity index (χ1) is 5.70. The van der Waals surface area contributed by atoms with Crippen molar-refractivity contribution in [2.24, 2.45) is 0 Å². The molecule has 4 heteroatoms. The summed E-state index contributed by atoms with van der Waals surface area (Å²) in [6.07, 6.45) is 0. The molecule has 0 aliphatic heterocycles. The molecule has 0 aliphatic carbocycles. The molecule has 0 saturated heterocycles. The van der Waals surface area contributed by atoms with E-state index >= 15 is 0 Å². The molecule has 1 rings (SSSR count). The molecule has 4 radical (unpaired) electrons. The van der Waals surface area contributed by atoms with Crippen molar-refractivity contribution in [2.75, 3.05) is 0 Å². The van der Waals surface area contributed by atoms with Gasteiger partial charge in [0.1, 0.15) is 23.3 Å². The molecule has 0 N–H and O–H groups in total. The van der Waals surface area contributed by atoms with Crippen LogP contribution in [0.3, 0.4) is 0 Å². The molecule has 12 heavy (non-hydrogen) atoms. The Hall–Kier alpha value is -2.20. The van der Waals surface area contributed by atoms with Crippen LogP contribution in [0, 0.1) is 34.8 Å². The van der Waals surface area contributed by atoms with E-state index in [1.807, 2.05) is 0 Å². The molecule has 4 nitrogen and oxygen atoms in total. The molecule has 0 aliphatic rings. The minimum absolute atomic E-state index is 0.404. The number of nitrogens with zero attached hydrogens (tertiary/aromatic N) is 2. The first-order valence-electron chi connectivity index (χ1n) is 2.86. The number of nitriles is 2. The summed E-state index contributed by atoms with van der Waals surface area (Å²) in [6, 6.07) is 7.21. The van der Waals surface area contributed by atoms with Gasteiger partial charge in [0, 0.05) is 12.1 Å². The second-order valence-corrected chi connectivity index (χ2v) is 1.88. The lowest BCUT2D eigenvalue weighted by molar-refractivity contribution is 0.286. The first kappa shape index (κ1) is 7.90. The fourth-order valence-electron chi connectivity index (χ4n) is 0.623. The highest BCUT2D eigenvalue weighted by Crippen LogP contribution is 2.32. The Bertz CT molecular complexity index is 360. The molecule has 54 valence electrons. The van der Waals surface area contributed by atoms with Crippen LogP contribution in [0.5, 0.6) is 11.5 Å². The molecule has 0 spiro atoms. The van der Waals surface area contributed by atoms with Gasteiger partial charge in [-0.25, -0.2) is 0 Å². The lowest BCUT2D eigenvalue weighted by Crippen LogP contribution is -1.81. The van der Waals surface area contributed by atoms with E-state index in [1.54, 1.807) is 0 Å². The molecule has 0 aromatic heterocycles. The number of hydrogen-bond donors (Lipinski definition) is 0. The Morgan fingerprint density at radius 1 is 0.917 bits per heavy atom. The van der Waals surface area contributed by atoms with E-state index in [0.29, 0.717) is 0 Å². The van der Waals surface area contributed by atoms with Gasteiger partial charge < -0.3 is 0 Å². The third-order valence-electron chi connectivity index (χ3n) is 1.20. The summed E-state index contributed by atoms with van der Waals surface area (Å²) < 4.78 is 0. The van der Waals surface area contributed by atoms with Crippen molar-refractivity contribution in [2.45, 2.75) is 0 Å². The predicted octanol–water partition coefficient (Wildman–Crippen LogP) is 1.32. The fraction of sp³-hybridized carbons (Fsp3) is 0. The molecule has 0 heterocycles. The Morgan fingerprint density at radius 3 is 1.50 bits per heavy atom. The average molecular weight is 156 g/mol. The molecular formula is C8N2O2. The van der Waals surface area contributed by atoms with Gasteiger partial charge >= 0.3 is 0 Å². The van der Waals surface area contributed by atoms with Gasteiger partial charge in [0.05, 0.1) is 0 Å². The number of rotatable bonds is 0. The molecule has 1 aromatic rings. The fourth-order valence-corrected chi connectivity index (χ4v) is 0.623. The highest BCUT2D eigenvalue weighted by Gasteiger charge is 2.15. The van der Waals surface area contributed by atoms with Crippen molar-refractivity contribution >= 4 is 0 Å². The van der Waals surface area contributed by atoms with Gasteiger partial charge in [-0.2, -0.15) is 10.5 Å². The van der Waals surface area contributed by atoms with Crippen LogP contribution >= 0.6 is 0 Å². The third kappa shape index (κ3) is 1.02. The minimum atomic E-state index is -0.993. The number of hydrogen-bond acceptors (Lipinski definition) is 2. The van der Waals surface area contributed by atoms with Crippen LogP contribution in [-0.2, 0) is 10.2 Å². The predicted molar refractivity (Wildman–Crippen MR) is 33.8 cm³/mol. The normalized spacial score (nSPS) is 8.50. The van der Waals surface area contributed by atoms with Crippen molar-refractivity contribution in [3.63, 3.8) is 0 Å². The maximum atomic E-state index is 10.8.